The Morgan fingerprint density at radius 2 is 2.05 bits per heavy atom. The van der Waals surface area contributed by atoms with E-state index in [1.54, 1.807) is 0 Å². The van der Waals surface area contributed by atoms with Gasteiger partial charge in [-0.3, -0.25) is 4.79 Å². The number of hydrogen-bond acceptors (Lipinski definition) is 4. The van der Waals surface area contributed by atoms with Crippen LogP contribution < -0.4 is 10.2 Å². The molecule has 0 saturated carbocycles. The van der Waals surface area contributed by atoms with Gasteiger partial charge in [-0.2, -0.15) is 0 Å². The fourth-order valence-electron chi connectivity index (χ4n) is 2.09. The zero-order chi connectivity index (χ0) is 14.9. The summed E-state index contributed by atoms with van der Waals surface area (Å²) < 4.78 is 5.28. The second-order valence-corrected chi connectivity index (χ2v) is 6.36. The van der Waals surface area contributed by atoms with Gasteiger partial charge in [0.1, 0.15) is 0 Å². The third kappa shape index (κ3) is 3.10. The van der Waals surface area contributed by atoms with E-state index in [9.17, 15) is 4.79 Å². The van der Waals surface area contributed by atoms with Crippen LogP contribution in [0.2, 0.25) is 0 Å². The van der Waals surface area contributed by atoms with Crippen LogP contribution in [0.3, 0.4) is 0 Å². The number of nitrogens with one attached hydrogen (secondary N) is 1. The van der Waals surface area contributed by atoms with Gasteiger partial charge in [-0.25, -0.2) is 0 Å². The Morgan fingerprint density at radius 3 is 2.65 bits per heavy atom. The summed E-state index contributed by atoms with van der Waals surface area (Å²) in [5, 5.41) is 7.65. The largest absolute Gasteiger partial charge is 0.377 e. The average molecular weight is 275 g/mol. The number of aromatic nitrogens is 1. The number of carbonyl (C=O) groups excluding carboxylic acids is 1. The zero-order valence-corrected chi connectivity index (χ0v) is 12.7. The third-order valence-corrected chi connectivity index (χ3v) is 2.91. The minimum absolute atomic E-state index is 0.0544. The second kappa shape index (κ2) is 5.15. The number of fused-ring (bicyclic) bond motifs is 1. The van der Waals surface area contributed by atoms with Crippen molar-refractivity contribution in [1.82, 2.24) is 5.16 Å². The first-order valence-corrected chi connectivity index (χ1v) is 6.63. The Hall–Kier alpha value is -2.04. The minimum Gasteiger partial charge on any atom is -0.377 e. The molecule has 108 valence electrons. The van der Waals surface area contributed by atoms with Crippen LogP contribution in [0, 0.1) is 5.41 Å². The smallest absolute Gasteiger partial charge is 0.226 e. The number of hydrogen-bond donors (Lipinski definition) is 1. The molecule has 0 fully saturated rings. The highest BCUT2D eigenvalue weighted by Gasteiger charge is 2.19. The molecular formula is C15H21N3O2. The predicted octanol–water partition coefficient (Wildman–Crippen LogP) is 3.27. The highest BCUT2D eigenvalue weighted by molar-refractivity contribution is 6.04. The van der Waals surface area contributed by atoms with E-state index < -0.39 is 0 Å². The molecule has 1 aromatic heterocycles. The van der Waals surface area contributed by atoms with Crippen molar-refractivity contribution in [2.45, 2.75) is 27.2 Å². The predicted molar refractivity (Wildman–Crippen MR) is 81.0 cm³/mol. The first-order valence-electron chi connectivity index (χ1n) is 6.63. The standard InChI is InChI=1S/C15H21N3O2/c1-15(2,3)9-12(19)16-14-13-10(18(4)5)7-6-8-11(13)20-17-14/h6-8H,9H2,1-5H3,(H,16,17,19). The lowest BCUT2D eigenvalue weighted by Crippen LogP contribution is -2.20. The lowest BCUT2D eigenvalue weighted by molar-refractivity contribution is -0.117. The van der Waals surface area contributed by atoms with Crippen molar-refractivity contribution in [3.8, 4) is 0 Å². The highest BCUT2D eigenvalue weighted by Crippen LogP contribution is 2.32. The molecule has 1 heterocycles. The van der Waals surface area contributed by atoms with Crippen LogP contribution in [0.1, 0.15) is 27.2 Å². The molecule has 2 rings (SSSR count). The van der Waals surface area contributed by atoms with Gasteiger partial charge in [-0.1, -0.05) is 32.0 Å². The first-order chi connectivity index (χ1) is 9.28. The van der Waals surface area contributed by atoms with Gasteiger partial charge in [0, 0.05) is 20.5 Å². The first kappa shape index (κ1) is 14.4. The molecule has 1 N–H and O–H groups in total. The SMILES string of the molecule is CN(C)c1cccc2onc(NC(=O)CC(C)(C)C)c12. The van der Waals surface area contributed by atoms with E-state index in [1.165, 1.54) is 0 Å². The molecule has 5 nitrogen and oxygen atoms in total. The maximum Gasteiger partial charge on any atom is 0.226 e. The third-order valence-electron chi connectivity index (χ3n) is 2.91. The van der Waals surface area contributed by atoms with Crippen molar-refractivity contribution in [2.75, 3.05) is 24.3 Å². The van der Waals surface area contributed by atoms with Gasteiger partial charge < -0.3 is 14.7 Å². The monoisotopic (exact) mass is 275 g/mol. The van der Waals surface area contributed by atoms with Crippen LogP contribution in [-0.2, 0) is 4.79 Å². The van der Waals surface area contributed by atoms with Crippen molar-refractivity contribution < 1.29 is 9.32 Å². The maximum absolute atomic E-state index is 12.0. The molecule has 1 amide bonds. The van der Waals surface area contributed by atoms with E-state index in [2.05, 4.69) is 10.5 Å². The summed E-state index contributed by atoms with van der Waals surface area (Å²) in [6, 6.07) is 5.72. The van der Waals surface area contributed by atoms with Crippen LogP contribution in [0.25, 0.3) is 11.0 Å². The number of nitrogens with zero attached hydrogens (tertiary/aromatic N) is 2. The molecule has 0 aliphatic heterocycles. The summed E-state index contributed by atoms with van der Waals surface area (Å²) in [6.45, 7) is 6.08. The molecule has 5 heteroatoms. The summed E-state index contributed by atoms with van der Waals surface area (Å²) in [5.74, 6) is 0.430. The summed E-state index contributed by atoms with van der Waals surface area (Å²) >= 11 is 0. The van der Waals surface area contributed by atoms with E-state index in [0.717, 1.165) is 11.1 Å². The van der Waals surface area contributed by atoms with E-state index in [0.29, 0.717) is 17.8 Å². The van der Waals surface area contributed by atoms with Gasteiger partial charge in [0.2, 0.25) is 5.91 Å². The molecule has 20 heavy (non-hydrogen) atoms. The average Bonchev–Trinajstić information content (AvgIpc) is 2.69. The Balaban J connectivity index is 2.33. The van der Waals surface area contributed by atoms with Crippen LogP contribution in [-0.4, -0.2) is 25.2 Å². The van der Waals surface area contributed by atoms with Crippen LogP contribution in [0.4, 0.5) is 11.5 Å². The van der Waals surface area contributed by atoms with Crippen molar-refractivity contribution in [2.24, 2.45) is 5.41 Å². The number of anilines is 2. The van der Waals surface area contributed by atoms with Crippen molar-refractivity contribution in [3.63, 3.8) is 0 Å². The normalized spacial score (nSPS) is 11.7. The Bertz CT molecular complexity index is 624. The van der Waals surface area contributed by atoms with Gasteiger partial charge in [0.15, 0.2) is 11.4 Å². The topological polar surface area (TPSA) is 58.4 Å². The minimum atomic E-state index is -0.0615. The quantitative estimate of drug-likeness (QED) is 0.934. The molecule has 0 aliphatic rings. The number of amides is 1. The van der Waals surface area contributed by atoms with Gasteiger partial charge in [0.25, 0.3) is 0 Å². The summed E-state index contributed by atoms with van der Waals surface area (Å²) in [4.78, 5) is 14.0. The number of benzene rings is 1. The molecule has 0 unspecified atom stereocenters. The van der Waals surface area contributed by atoms with Crippen LogP contribution in [0.15, 0.2) is 22.7 Å². The van der Waals surface area contributed by atoms with Crippen molar-refractivity contribution in [1.29, 1.82) is 0 Å². The van der Waals surface area contributed by atoms with Crippen LogP contribution in [0.5, 0.6) is 0 Å². The fourth-order valence-corrected chi connectivity index (χ4v) is 2.09. The van der Waals surface area contributed by atoms with Gasteiger partial charge in [-0.15, -0.1) is 0 Å². The van der Waals surface area contributed by atoms with E-state index in [1.807, 2.05) is 58.0 Å². The lowest BCUT2D eigenvalue weighted by Gasteiger charge is -2.17. The molecule has 0 atom stereocenters. The summed E-state index contributed by atoms with van der Waals surface area (Å²) in [6.07, 6.45) is 0.436. The lowest BCUT2D eigenvalue weighted by atomic mass is 9.92. The maximum atomic E-state index is 12.0. The number of rotatable bonds is 3. The summed E-state index contributed by atoms with van der Waals surface area (Å²) in [7, 11) is 3.89. The number of carbonyl (C=O) groups is 1. The van der Waals surface area contributed by atoms with Crippen LogP contribution >= 0.6 is 0 Å². The zero-order valence-electron chi connectivity index (χ0n) is 12.7. The fraction of sp³-hybridized carbons (Fsp3) is 0.467. The molecular weight excluding hydrogens is 254 g/mol. The Kier molecular flexibility index (Phi) is 3.70. The second-order valence-electron chi connectivity index (χ2n) is 6.36. The highest BCUT2D eigenvalue weighted by atomic mass is 16.5. The Morgan fingerprint density at radius 1 is 1.35 bits per heavy atom. The molecule has 2 aromatic rings. The van der Waals surface area contributed by atoms with Gasteiger partial charge in [0.05, 0.1) is 11.1 Å². The van der Waals surface area contributed by atoms with Gasteiger partial charge in [-0.05, 0) is 17.5 Å². The molecule has 0 radical (unpaired) electrons. The van der Waals surface area contributed by atoms with E-state index in [-0.39, 0.29) is 11.3 Å². The molecule has 0 saturated heterocycles. The summed E-state index contributed by atoms with van der Waals surface area (Å²) in [5.41, 5.74) is 1.57. The molecule has 0 spiro atoms. The molecule has 0 aliphatic carbocycles. The Labute approximate surface area is 118 Å². The van der Waals surface area contributed by atoms with Crippen molar-refractivity contribution >= 4 is 28.4 Å². The van der Waals surface area contributed by atoms with E-state index in [4.69, 9.17) is 4.52 Å². The molecule has 0 bridgehead atoms. The molecule has 1 aromatic carbocycles. The van der Waals surface area contributed by atoms with Gasteiger partial charge >= 0.3 is 0 Å². The van der Waals surface area contributed by atoms with E-state index >= 15 is 0 Å². The van der Waals surface area contributed by atoms with Crippen molar-refractivity contribution in [3.05, 3.63) is 18.2 Å².